The number of aryl methyl sites for hydroxylation is 1. The van der Waals surface area contributed by atoms with Gasteiger partial charge in [0.15, 0.2) is 10.8 Å². The second-order valence-corrected chi connectivity index (χ2v) is 9.48. The summed E-state index contributed by atoms with van der Waals surface area (Å²) in [6.45, 7) is 2.19. The van der Waals surface area contributed by atoms with Crippen LogP contribution in [0, 0.1) is 0 Å². The molecule has 178 valence electrons. The van der Waals surface area contributed by atoms with E-state index in [-0.39, 0.29) is 5.92 Å². The van der Waals surface area contributed by atoms with Crippen LogP contribution in [0.3, 0.4) is 0 Å². The molecule has 5 rings (SSSR count). The Balaban J connectivity index is 1.43. The predicted molar refractivity (Wildman–Crippen MR) is 141 cm³/mol. The van der Waals surface area contributed by atoms with Crippen LogP contribution in [-0.2, 0) is 13.5 Å². The van der Waals surface area contributed by atoms with Crippen LogP contribution in [0.5, 0.6) is 0 Å². The Kier molecular flexibility index (Phi) is 6.37. The van der Waals surface area contributed by atoms with Crippen LogP contribution in [0.15, 0.2) is 48.0 Å². The molecule has 2 N–H and O–H groups in total. The summed E-state index contributed by atoms with van der Waals surface area (Å²) in [5, 5.41) is 15.2. The van der Waals surface area contributed by atoms with Crippen molar-refractivity contribution in [2.75, 3.05) is 7.05 Å². The van der Waals surface area contributed by atoms with Crippen molar-refractivity contribution in [3.05, 3.63) is 70.6 Å². The number of pyridine rings is 1. The first-order chi connectivity index (χ1) is 17.1. The summed E-state index contributed by atoms with van der Waals surface area (Å²) in [6, 6.07) is 8.52. The highest BCUT2D eigenvalue weighted by Crippen LogP contribution is 2.25. The number of hydrogen-bond acceptors (Lipinski definition) is 8. The predicted octanol–water partition coefficient (Wildman–Crippen LogP) is 4.10. The molecule has 0 radical (unpaired) electrons. The van der Waals surface area contributed by atoms with Gasteiger partial charge in [0.05, 0.1) is 29.4 Å². The van der Waals surface area contributed by atoms with Crippen LogP contribution in [0.1, 0.15) is 53.3 Å². The van der Waals surface area contributed by atoms with Gasteiger partial charge in [-0.1, -0.05) is 30.7 Å². The smallest absolute Gasteiger partial charge is 0.235 e. The van der Waals surface area contributed by atoms with Crippen molar-refractivity contribution < 1.29 is 0 Å². The van der Waals surface area contributed by atoms with Gasteiger partial charge in [0.25, 0.3) is 0 Å². The average molecular weight is 486 g/mol. The minimum absolute atomic E-state index is 0.278. The number of imidazole rings is 1. The van der Waals surface area contributed by atoms with Gasteiger partial charge in [0, 0.05) is 44.2 Å². The first kappa shape index (κ1) is 22.9. The van der Waals surface area contributed by atoms with Crippen molar-refractivity contribution in [2.24, 2.45) is 17.8 Å². The van der Waals surface area contributed by atoms with Crippen LogP contribution in [-0.4, -0.2) is 47.6 Å². The molecular formula is C25H27N9S. The summed E-state index contributed by atoms with van der Waals surface area (Å²) in [6.07, 6.45) is 12.1. The normalized spacial score (nSPS) is 13.4. The number of nitrogens with zero attached hydrogens (tertiary/aromatic N) is 8. The molecule has 4 aromatic heterocycles. The maximum Gasteiger partial charge on any atom is 0.235 e. The van der Waals surface area contributed by atoms with Gasteiger partial charge in [-0.15, -0.1) is 10.2 Å². The van der Waals surface area contributed by atoms with Crippen LogP contribution < -0.4 is 5.73 Å². The van der Waals surface area contributed by atoms with Gasteiger partial charge in [0.2, 0.25) is 4.96 Å². The maximum absolute atomic E-state index is 6.31. The quantitative estimate of drug-likeness (QED) is 0.331. The van der Waals surface area contributed by atoms with Crippen LogP contribution >= 0.6 is 11.3 Å². The highest BCUT2D eigenvalue weighted by molar-refractivity contribution is 7.17. The van der Waals surface area contributed by atoms with Gasteiger partial charge in [-0.2, -0.15) is 9.61 Å². The fourth-order valence-electron chi connectivity index (χ4n) is 4.12. The number of nitrogens with two attached hydrogens (primary N) is 1. The minimum atomic E-state index is 0.278. The van der Waals surface area contributed by atoms with E-state index < -0.39 is 0 Å². The molecule has 1 atom stereocenters. The Bertz CT molecular complexity index is 1540. The lowest BCUT2D eigenvalue weighted by Gasteiger charge is -2.12. The highest BCUT2D eigenvalue weighted by atomic mass is 32.1. The Morgan fingerprint density at radius 1 is 1.23 bits per heavy atom. The van der Waals surface area contributed by atoms with E-state index in [4.69, 9.17) is 5.73 Å². The molecule has 5 aromatic rings. The molecule has 0 bridgehead atoms. The zero-order valence-electron chi connectivity index (χ0n) is 20.0. The molecule has 0 fully saturated rings. The van der Waals surface area contributed by atoms with E-state index in [0.29, 0.717) is 22.1 Å². The van der Waals surface area contributed by atoms with Gasteiger partial charge in [-0.05, 0) is 41.8 Å². The summed E-state index contributed by atoms with van der Waals surface area (Å²) in [5.41, 5.74) is 11.1. The first-order valence-corrected chi connectivity index (χ1v) is 12.3. The Morgan fingerprint density at radius 2 is 2.11 bits per heavy atom. The van der Waals surface area contributed by atoms with Crippen molar-refractivity contribution in [3.8, 4) is 0 Å². The molecule has 35 heavy (non-hydrogen) atoms. The fraction of sp³-hybridized carbons (Fsp3) is 0.280. The van der Waals surface area contributed by atoms with Crippen molar-refractivity contribution >= 4 is 45.2 Å². The van der Waals surface area contributed by atoms with E-state index in [9.17, 15) is 0 Å². The average Bonchev–Trinajstić information content (AvgIpc) is 3.56. The van der Waals surface area contributed by atoms with E-state index in [0.717, 1.165) is 40.8 Å². The topological polar surface area (TPSA) is 112 Å². The summed E-state index contributed by atoms with van der Waals surface area (Å²) in [4.78, 5) is 13.8. The van der Waals surface area contributed by atoms with E-state index in [1.807, 2.05) is 37.1 Å². The molecule has 0 saturated carbocycles. The lowest BCUT2D eigenvalue weighted by atomic mass is 9.95. The van der Waals surface area contributed by atoms with Crippen molar-refractivity contribution in [2.45, 2.75) is 32.1 Å². The third kappa shape index (κ3) is 4.69. The SMILES string of the molecule is CCCC(/C=N\C)c1cnc2ccc(Cc3nnc4sc(/C(N)=C/c5cncn5C)nn34)cc2c1. The first-order valence-electron chi connectivity index (χ1n) is 11.5. The van der Waals surface area contributed by atoms with Crippen LogP contribution in [0.25, 0.3) is 27.6 Å². The van der Waals surface area contributed by atoms with Crippen LogP contribution in [0.4, 0.5) is 0 Å². The molecule has 9 nitrogen and oxygen atoms in total. The molecule has 1 aromatic carbocycles. The van der Waals surface area contributed by atoms with E-state index in [2.05, 4.69) is 61.4 Å². The molecule has 0 saturated heterocycles. The zero-order chi connectivity index (χ0) is 24.4. The summed E-state index contributed by atoms with van der Waals surface area (Å²) in [5.74, 6) is 1.04. The molecule has 4 heterocycles. The molecule has 10 heteroatoms. The molecule has 0 aliphatic carbocycles. The van der Waals surface area contributed by atoms with Crippen molar-refractivity contribution in [1.29, 1.82) is 0 Å². The molecule has 0 aliphatic rings. The number of hydrogen-bond donors (Lipinski definition) is 1. The summed E-state index contributed by atoms with van der Waals surface area (Å²) < 4.78 is 3.68. The lowest BCUT2D eigenvalue weighted by molar-refractivity contribution is 0.752. The molecule has 0 aliphatic heterocycles. The number of aromatic nitrogens is 7. The number of aliphatic imine (C=N–C) groups is 1. The standard InChI is InChI=1S/C25H27N9S/c1-4-5-17(12-27-2)19-10-18-8-16(6-7-22(18)29-13-19)9-23-30-31-25-34(23)32-24(35-25)21(26)11-20-14-28-15-33(20)3/h6-8,10-15,17H,4-5,9,26H2,1-3H3/b21-11-,27-12-. The van der Waals surface area contributed by atoms with Crippen molar-refractivity contribution in [3.63, 3.8) is 0 Å². The zero-order valence-corrected chi connectivity index (χ0v) is 20.8. The number of benzene rings is 1. The van der Waals surface area contributed by atoms with Gasteiger partial charge in [-0.3, -0.25) is 4.98 Å². The molecule has 0 spiro atoms. The summed E-state index contributed by atoms with van der Waals surface area (Å²) >= 11 is 1.41. The number of rotatable bonds is 8. The Morgan fingerprint density at radius 3 is 2.89 bits per heavy atom. The largest absolute Gasteiger partial charge is 0.396 e. The van der Waals surface area contributed by atoms with Crippen LogP contribution in [0.2, 0.25) is 0 Å². The minimum Gasteiger partial charge on any atom is -0.396 e. The molecule has 0 amide bonds. The van der Waals surface area contributed by atoms with Gasteiger partial charge >= 0.3 is 0 Å². The number of fused-ring (bicyclic) bond motifs is 2. The van der Waals surface area contributed by atoms with Gasteiger partial charge in [0.1, 0.15) is 0 Å². The molecular weight excluding hydrogens is 458 g/mol. The van der Waals surface area contributed by atoms with E-state index in [1.54, 1.807) is 17.0 Å². The van der Waals surface area contributed by atoms with E-state index >= 15 is 0 Å². The maximum atomic E-state index is 6.31. The monoisotopic (exact) mass is 485 g/mol. The lowest BCUT2D eigenvalue weighted by Crippen LogP contribution is -2.02. The summed E-state index contributed by atoms with van der Waals surface area (Å²) in [7, 11) is 3.74. The van der Waals surface area contributed by atoms with Gasteiger partial charge in [-0.25, -0.2) is 4.98 Å². The third-order valence-corrected chi connectivity index (χ3v) is 6.89. The Hall–Kier alpha value is -3.92. The Labute approximate surface area is 207 Å². The molecule has 1 unspecified atom stereocenters. The van der Waals surface area contributed by atoms with Crippen molar-refractivity contribution in [1.82, 2.24) is 34.3 Å². The second kappa shape index (κ2) is 9.75. The van der Waals surface area contributed by atoms with Gasteiger partial charge < -0.3 is 15.3 Å². The fourth-order valence-corrected chi connectivity index (χ4v) is 4.91. The third-order valence-electron chi connectivity index (χ3n) is 5.95. The van der Waals surface area contributed by atoms with E-state index in [1.165, 1.54) is 16.9 Å². The second-order valence-electron chi connectivity index (χ2n) is 8.52. The highest BCUT2D eigenvalue weighted by Gasteiger charge is 2.15.